The second-order valence-corrected chi connectivity index (χ2v) is 5.21. The normalized spacial score (nSPS) is 10.2. The van der Waals surface area contributed by atoms with Gasteiger partial charge in [-0.1, -0.05) is 35.5 Å². The average Bonchev–Trinajstić information content (AvgIpc) is 2.62. The Balaban J connectivity index is 1.87. The predicted octanol–water partition coefficient (Wildman–Crippen LogP) is 4.93. The fraction of sp³-hybridized carbons (Fsp3) is 0.0500. The SMILES string of the molecule is Fc1ccc(C(=NOCc2ccccc2)c2ccc(F)cc2)cc1. The Morgan fingerprint density at radius 1 is 0.708 bits per heavy atom. The number of oxime groups is 1. The molecule has 3 aromatic rings. The molecule has 0 aliphatic heterocycles. The quantitative estimate of drug-likeness (QED) is 0.482. The van der Waals surface area contributed by atoms with Crippen molar-refractivity contribution < 1.29 is 13.6 Å². The Morgan fingerprint density at radius 3 is 1.71 bits per heavy atom. The topological polar surface area (TPSA) is 21.6 Å². The standard InChI is InChI=1S/C20H15F2NO/c21-18-10-6-16(7-11-18)20(17-8-12-19(22)13-9-17)23-24-14-15-4-2-1-3-5-15/h1-13H,14H2. The number of nitrogens with zero attached hydrogens (tertiary/aromatic N) is 1. The van der Waals surface area contributed by atoms with E-state index in [0.29, 0.717) is 23.4 Å². The molecular formula is C20H15F2NO. The molecule has 0 unspecified atom stereocenters. The van der Waals surface area contributed by atoms with E-state index in [2.05, 4.69) is 5.16 Å². The highest BCUT2D eigenvalue weighted by atomic mass is 19.1. The highest BCUT2D eigenvalue weighted by Crippen LogP contribution is 2.14. The summed E-state index contributed by atoms with van der Waals surface area (Å²) in [5.41, 5.74) is 2.89. The Bertz CT molecular complexity index is 765. The van der Waals surface area contributed by atoms with Gasteiger partial charge < -0.3 is 4.84 Å². The zero-order valence-corrected chi connectivity index (χ0v) is 12.8. The molecule has 0 radical (unpaired) electrons. The molecule has 0 aliphatic rings. The number of rotatable bonds is 5. The Labute approximate surface area is 139 Å². The maximum absolute atomic E-state index is 13.2. The molecule has 24 heavy (non-hydrogen) atoms. The van der Waals surface area contributed by atoms with Crippen molar-refractivity contribution in [3.8, 4) is 0 Å². The molecule has 0 N–H and O–H groups in total. The van der Waals surface area contributed by atoms with E-state index < -0.39 is 0 Å². The first kappa shape index (κ1) is 15.9. The fourth-order valence-electron chi connectivity index (χ4n) is 2.23. The number of benzene rings is 3. The van der Waals surface area contributed by atoms with E-state index in [4.69, 9.17) is 4.84 Å². The van der Waals surface area contributed by atoms with Crippen LogP contribution in [-0.2, 0) is 11.4 Å². The molecule has 0 fully saturated rings. The number of halogens is 2. The van der Waals surface area contributed by atoms with Gasteiger partial charge in [0.25, 0.3) is 0 Å². The molecule has 0 spiro atoms. The molecule has 0 saturated carbocycles. The number of hydrogen-bond donors (Lipinski definition) is 0. The molecule has 3 aromatic carbocycles. The van der Waals surface area contributed by atoms with E-state index in [0.717, 1.165) is 5.56 Å². The summed E-state index contributed by atoms with van der Waals surface area (Å²) in [5.74, 6) is -0.662. The Hall–Kier alpha value is -3.01. The molecule has 3 rings (SSSR count). The van der Waals surface area contributed by atoms with Gasteiger partial charge in [-0.25, -0.2) is 8.78 Å². The lowest BCUT2D eigenvalue weighted by Crippen LogP contribution is -2.05. The van der Waals surface area contributed by atoms with Crippen molar-refractivity contribution in [1.29, 1.82) is 0 Å². The van der Waals surface area contributed by atoms with E-state index in [9.17, 15) is 8.78 Å². The molecule has 0 aromatic heterocycles. The van der Waals surface area contributed by atoms with Crippen molar-refractivity contribution in [2.45, 2.75) is 6.61 Å². The van der Waals surface area contributed by atoms with Gasteiger partial charge in [0.2, 0.25) is 0 Å². The summed E-state index contributed by atoms with van der Waals surface area (Å²) in [6.07, 6.45) is 0. The smallest absolute Gasteiger partial charge is 0.142 e. The number of hydrogen-bond acceptors (Lipinski definition) is 2. The molecule has 0 amide bonds. The first-order valence-corrected chi connectivity index (χ1v) is 7.48. The lowest BCUT2D eigenvalue weighted by Gasteiger charge is -2.08. The van der Waals surface area contributed by atoms with E-state index in [1.165, 1.54) is 24.3 Å². The monoisotopic (exact) mass is 323 g/mol. The maximum Gasteiger partial charge on any atom is 0.142 e. The highest BCUT2D eigenvalue weighted by Gasteiger charge is 2.09. The van der Waals surface area contributed by atoms with E-state index in [1.807, 2.05) is 30.3 Å². The summed E-state index contributed by atoms with van der Waals surface area (Å²) in [6, 6.07) is 21.5. The van der Waals surface area contributed by atoms with Crippen molar-refractivity contribution in [1.82, 2.24) is 0 Å². The minimum atomic E-state index is -0.331. The fourth-order valence-corrected chi connectivity index (χ4v) is 2.23. The van der Waals surface area contributed by atoms with Crippen LogP contribution in [0.15, 0.2) is 84.0 Å². The van der Waals surface area contributed by atoms with Crippen LogP contribution in [-0.4, -0.2) is 5.71 Å². The third-order valence-electron chi connectivity index (χ3n) is 3.47. The van der Waals surface area contributed by atoms with Crippen LogP contribution >= 0.6 is 0 Å². The summed E-state index contributed by atoms with van der Waals surface area (Å²) < 4.78 is 26.3. The minimum Gasteiger partial charge on any atom is -0.390 e. The van der Waals surface area contributed by atoms with Crippen LogP contribution < -0.4 is 0 Å². The molecular weight excluding hydrogens is 308 g/mol. The molecule has 0 bridgehead atoms. The van der Waals surface area contributed by atoms with Gasteiger partial charge in [-0.15, -0.1) is 0 Å². The van der Waals surface area contributed by atoms with Gasteiger partial charge in [-0.05, 0) is 54.1 Å². The van der Waals surface area contributed by atoms with Gasteiger partial charge in [0.1, 0.15) is 24.0 Å². The van der Waals surface area contributed by atoms with Crippen LogP contribution in [0.3, 0.4) is 0 Å². The van der Waals surface area contributed by atoms with Crippen molar-refractivity contribution in [3.05, 3.63) is 107 Å². The zero-order valence-electron chi connectivity index (χ0n) is 12.8. The van der Waals surface area contributed by atoms with Crippen LogP contribution in [0.4, 0.5) is 8.78 Å². The average molecular weight is 323 g/mol. The second-order valence-electron chi connectivity index (χ2n) is 5.21. The van der Waals surface area contributed by atoms with Crippen molar-refractivity contribution >= 4 is 5.71 Å². The summed E-state index contributed by atoms with van der Waals surface area (Å²) in [7, 11) is 0. The van der Waals surface area contributed by atoms with Crippen molar-refractivity contribution in [2.75, 3.05) is 0 Å². The zero-order chi connectivity index (χ0) is 16.8. The molecule has 0 aliphatic carbocycles. The van der Waals surface area contributed by atoms with Gasteiger partial charge >= 0.3 is 0 Å². The van der Waals surface area contributed by atoms with Gasteiger partial charge in [0.05, 0.1) is 0 Å². The van der Waals surface area contributed by atoms with Crippen LogP contribution in [0.1, 0.15) is 16.7 Å². The van der Waals surface area contributed by atoms with Crippen molar-refractivity contribution in [3.63, 3.8) is 0 Å². The lowest BCUT2D eigenvalue weighted by atomic mass is 10.0. The minimum absolute atomic E-state index is 0.312. The summed E-state index contributed by atoms with van der Waals surface area (Å²) in [4.78, 5) is 5.45. The highest BCUT2D eigenvalue weighted by molar-refractivity contribution is 6.12. The summed E-state index contributed by atoms with van der Waals surface area (Å²) in [6.45, 7) is 0.312. The molecule has 0 saturated heterocycles. The molecule has 120 valence electrons. The van der Waals surface area contributed by atoms with E-state index >= 15 is 0 Å². The largest absolute Gasteiger partial charge is 0.390 e. The van der Waals surface area contributed by atoms with Crippen LogP contribution in [0.5, 0.6) is 0 Å². The van der Waals surface area contributed by atoms with Crippen LogP contribution in [0.2, 0.25) is 0 Å². The first-order valence-electron chi connectivity index (χ1n) is 7.48. The van der Waals surface area contributed by atoms with Gasteiger partial charge in [-0.2, -0.15) is 0 Å². The second kappa shape index (κ2) is 7.51. The van der Waals surface area contributed by atoms with Crippen LogP contribution in [0.25, 0.3) is 0 Å². The Kier molecular flexibility index (Phi) is 4.96. The Morgan fingerprint density at radius 2 is 1.21 bits per heavy atom. The summed E-state index contributed by atoms with van der Waals surface area (Å²) >= 11 is 0. The molecule has 2 nitrogen and oxygen atoms in total. The summed E-state index contributed by atoms with van der Waals surface area (Å²) in [5, 5.41) is 4.19. The van der Waals surface area contributed by atoms with E-state index in [-0.39, 0.29) is 11.6 Å². The molecule has 0 atom stereocenters. The van der Waals surface area contributed by atoms with E-state index in [1.54, 1.807) is 24.3 Å². The van der Waals surface area contributed by atoms with Gasteiger partial charge in [0, 0.05) is 11.1 Å². The molecule has 0 heterocycles. The third-order valence-corrected chi connectivity index (χ3v) is 3.47. The maximum atomic E-state index is 13.2. The third kappa shape index (κ3) is 4.04. The van der Waals surface area contributed by atoms with Gasteiger partial charge in [-0.3, -0.25) is 0 Å². The van der Waals surface area contributed by atoms with Crippen LogP contribution in [0, 0.1) is 11.6 Å². The predicted molar refractivity (Wildman–Crippen MR) is 89.7 cm³/mol. The van der Waals surface area contributed by atoms with Crippen molar-refractivity contribution in [2.24, 2.45) is 5.16 Å². The van der Waals surface area contributed by atoms with Gasteiger partial charge in [0.15, 0.2) is 0 Å². The first-order chi connectivity index (χ1) is 11.7. The lowest BCUT2D eigenvalue weighted by molar-refractivity contribution is 0.131. The molecule has 4 heteroatoms.